The summed E-state index contributed by atoms with van der Waals surface area (Å²) in [5.74, 6) is 0.821. The van der Waals surface area contributed by atoms with Crippen molar-refractivity contribution in [1.82, 2.24) is 4.90 Å². The predicted molar refractivity (Wildman–Crippen MR) is 59.1 cm³/mol. The van der Waals surface area contributed by atoms with Crippen LogP contribution in [0.1, 0.15) is 26.7 Å². The Kier molecular flexibility index (Phi) is 4.85. The van der Waals surface area contributed by atoms with Crippen molar-refractivity contribution in [2.45, 2.75) is 32.7 Å². The van der Waals surface area contributed by atoms with Crippen LogP contribution in [0.3, 0.4) is 0 Å². The van der Waals surface area contributed by atoms with E-state index in [9.17, 15) is 5.11 Å². The molecule has 0 spiro atoms. The van der Waals surface area contributed by atoms with E-state index >= 15 is 0 Å². The van der Waals surface area contributed by atoms with Gasteiger partial charge >= 0.3 is 0 Å². The molecular weight excluding hydrogens is 176 g/mol. The summed E-state index contributed by atoms with van der Waals surface area (Å²) in [7, 11) is 0. The Morgan fingerprint density at radius 3 is 2.21 bits per heavy atom. The van der Waals surface area contributed by atoms with Gasteiger partial charge < -0.3 is 10.8 Å². The highest BCUT2D eigenvalue weighted by atomic mass is 16.3. The molecule has 0 unspecified atom stereocenters. The van der Waals surface area contributed by atoms with E-state index < -0.39 is 0 Å². The third-order valence-corrected chi connectivity index (χ3v) is 3.27. The smallest absolute Gasteiger partial charge is 0.0486 e. The SMILES string of the molecule is CC(C)[C@@H]([C@H](CN)CO)N1CCCC1. The minimum atomic E-state index is 0.218. The quantitative estimate of drug-likeness (QED) is 0.686. The van der Waals surface area contributed by atoms with Crippen LogP contribution in [0.15, 0.2) is 0 Å². The van der Waals surface area contributed by atoms with Crippen LogP contribution in [0.2, 0.25) is 0 Å². The maximum atomic E-state index is 9.30. The highest BCUT2D eigenvalue weighted by Gasteiger charge is 2.30. The molecule has 0 bridgehead atoms. The molecule has 0 radical (unpaired) electrons. The van der Waals surface area contributed by atoms with Crippen molar-refractivity contribution in [3.05, 3.63) is 0 Å². The molecule has 1 fully saturated rings. The van der Waals surface area contributed by atoms with Gasteiger partial charge in [0.15, 0.2) is 0 Å². The summed E-state index contributed by atoms with van der Waals surface area (Å²) in [4.78, 5) is 2.50. The molecule has 84 valence electrons. The number of hydrogen-bond donors (Lipinski definition) is 2. The van der Waals surface area contributed by atoms with Gasteiger partial charge in [-0.05, 0) is 38.4 Å². The zero-order chi connectivity index (χ0) is 10.6. The zero-order valence-electron chi connectivity index (χ0n) is 9.45. The van der Waals surface area contributed by atoms with Crippen molar-refractivity contribution in [3.63, 3.8) is 0 Å². The minimum absolute atomic E-state index is 0.218. The molecule has 2 atom stereocenters. The number of nitrogens with two attached hydrogens (primary N) is 1. The van der Waals surface area contributed by atoms with Crippen molar-refractivity contribution in [3.8, 4) is 0 Å². The number of rotatable bonds is 5. The summed E-state index contributed by atoms with van der Waals surface area (Å²) in [6.45, 7) is 7.62. The van der Waals surface area contributed by atoms with Crippen LogP contribution in [0.25, 0.3) is 0 Å². The number of aliphatic hydroxyl groups excluding tert-OH is 1. The first-order chi connectivity index (χ1) is 6.70. The standard InChI is InChI=1S/C11H24N2O/c1-9(2)11(10(7-12)8-14)13-5-3-4-6-13/h9-11,14H,3-8,12H2,1-2H3/t10-,11+/m1/s1. The normalized spacial score (nSPS) is 22.9. The Balaban J connectivity index is 2.61. The van der Waals surface area contributed by atoms with E-state index in [0.717, 1.165) is 0 Å². The van der Waals surface area contributed by atoms with E-state index in [2.05, 4.69) is 18.7 Å². The molecule has 0 aromatic rings. The molecule has 0 aromatic carbocycles. The van der Waals surface area contributed by atoms with Crippen molar-refractivity contribution < 1.29 is 5.11 Å². The fourth-order valence-electron chi connectivity index (χ4n) is 2.63. The number of aliphatic hydroxyl groups is 1. The van der Waals surface area contributed by atoms with Gasteiger partial charge in [0, 0.05) is 18.6 Å². The average molecular weight is 200 g/mol. The third-order valence-electron chi connectivity index (χ3n) is 3.27. The number of likely N-dealkylation sites (tertiary alicyclic amines) is 1. The van der Waals surface area contributed by atoms with Crippen LogP contribution in [-0.2, 0) is 0 Å². The first-order valence-corrected chi connectivity index (χ1v) is 5.75. The lowest BCUT2D eigenvalue weighted by molar-refractivity contribution is 0.0880. The van der Waals surface area contributed by atoms with E-state index in [1.807, 2.05) is 0 Å². The lowest BCUT2D eigenvalue weighted by Crippen LogP contribution is -2.46. The van der Waals surface area contributed by atoms with Gasteiger partial charge in [0.25, 0.3) is 0 Å². The van der Waals surface area contributed by atoms with Gasteiger partial charge in [0.05, 0.1) is 0 Å². The van der Waals surface area contributed by atoms with Crippen LogP contribution in [-0.4, -0.2) is 42.3 Å². The van der Waals surface area contributed by atoms with Crippen LogP contribution < -0.4 is 5.73 Å². The molecule has 1 rings (SSSR count). The number of nitrogens with zero attached hydrogens (tertiary/aromatic N) is 1. The van der Waals surface area contributed by atoms with E-state index in [-0.39, 0.29) is 12.5 Å². The summed E-state index contributed by atoms with van der Waals surface area (Å²) >= 11 is 0. The van der Waals surface area contributed by atoms with Crippen molar-refractivity contribution in [1.29, 1.82) is 0 Å². The summed E-state index contributed by atoms with van der Waals surface area (Å²) in [5.41, 5.74) is 5.70. The lowest BCUT2D eigenvalue weighted by Gasteiger charge is -2.36. The Morgan fingerprint density at radius 2 is 1.86 bits per heavy atom. The van der Waals surface area contributed by atoms with Crippen molar-refractivity contribution >= 4 is 0 Å². The fourth-order valence-corrected chi connectivity index (χ4v) is 2.63. The predicted octanol–water partition coefficient (Wildman–Crippen LogP) is 0.674. The minimum Gasteiger partial charge on any atom is -0.396 e. The maximum absolute atomic E-state index is 9.30. The van der Waals surface area contributed by atoms with Crippen molar-refractivity contribution in [2.24, 2.45) is 17.6 Å². The Hall–Kier alpha value is -0.120. The highest BCUT2D eigenvalue weighted by molar-refractivity contribution is 4.84. The van der Waals surface area contributed by atoms with Gasteiger partial charge in [0.1, 0.15) is 0 Å². The number of hydrogen-bond acceptors (Lipinski definition) is 3. The van der Waals surface area contributed by atoms with Gasteiger partial charge in [-0.2, -0.15) is 0 Å². The second-order valence-corrected chi connectivity index (χ2v) is 4.66. The molecule has 1 saturated heterocycles. The average Bonchev–Trinajstić information content (AvgIpc) is 2.65. The molecule has 14 heavy (non-hydrogen) atoms. The largest absolute Gasteiger partial charge is 0.396 e. The lowest BCUT2D eigenvalue weighted by atomic mass is 9.89. The van der Waals surface area contributed by atoms with E-state index in [0.29, 0.717) is 18.5 Å². The Labute approximate surface area is 87.3 Å². The third kappa shape index (κ3) is 2.69. The summed E-state index contributed by atoms with van der Waals surface area (Å²) in [6, 6.07) is 0.465. The molecule has 0 aromatic heterocycles. The van der Waals surface area contributed by atoms with E-state index in [4.69, 9.17) is 5.73 Å². The molecule has 3 nitrogen and oxygen atoms in total. The zero-order valence-corrected chi connectivity index (χ0v) is 9.45. The van der Waals surface area contributed by atoms with Crippen LogP contribution in [0.4, 0.5) is 0 Å². The van der Waals surface area contributed by atoms with Gasteiger partial charge in [-0.25, -0.2) is 0 Å². The molecule has 3 N–H and O–H groups in total. The topological polar surface area (TPSA) is 49.5 Å². The van der Waals surface area contributed by atoms with E-state index in [1.54, 1.807) is 0 Å². The second-order valence-electron chi connectivity index (χ2n) is 4.66. The van der Waals surface area contributed by atoms with E-state index in [1.165, 1.54) is 25.9 Å². The monoisotopic (exact) mass is 200 g/mol. The van der Waals surface area contributed by atoms with Crippen LogP contribution in [0, 0.1) is 11.8 Å². The molecule has 3 heteroatoms. The van der Waals surface area contributed by atoms with Crippen molar-refractivity contribution in [2.75, 3.05) is 26.2 Å². The molecule has 0 saturated carbocycles. The highest BCUT2D eigenvalue weighted by Crippen LogP contribution is 2.23. The van der Waals surface area contributed by atoms with Crippen LogP contribution >= 0.6 is 0 Å². The molecule has 1 aliphatic rings. The van der Waals surface area contributed by atoms with Crippen LogP contribution in [0.5, 0.6) is 0 Å². The molecule has 1 aliphatic heterocycles. The van der Waals surface area contributed by atoms with Gasteiger partial charge in [-0.15, -0.1) is 0 Å². The maximum Gasteiger partial charge on any atom is 0.0486 e. The van der Waals surface area contributed by atoms with Gasteiger partial charge in [-0.3, -0.25) is 4.90 Å². The fraction of sp³-hybridized carbons (Fsp3) is 1.00. The van der Waals surface area contributed by atoms with Gasteiger partial charge in [0.2, 0.25) is 0 Å². The first kappa shape index (κ1) is 12.0. The first-order valence-electron chi connectivity index (χ1n) is 5.75. The molecule has 0 amide bonds. The summed E-state index contributed by atoms with van der Waals surface area (Å²) in [6.07, 6.45) is 2.60. The molecule has 1 heterocycles. The Morgan fingerprint density at radius 1 is 1.29 bits per heavy atom. The second kappa shape index (κ2) is 5.69. The Bertz CT molecular complexity index is 149. The van der Waals surface area contributed by atoms with Gasteiger partial charge in [-0.1, -0.05) is 13.8 Å². The molecule has 0 aliphatic carbocycles. The summed E-state index contributed by atoms with van der Waals surface area (Å²) < 4.78 is 0. The summed E-state index contributed by atoms with van der Waals surface area (Å²) in [5, 5.41) is 9.30. The molecular formula is C11H24N2O.